The summed E-state index contributed by atoms with van der Waals surface area (Å²) in [6, 6.07) is 2.92. The second kappa shape index (κ2) is 11.7. The number of hydrogen-bond donors (Lipinski definition) is 2. The third kappa shape index (κ3) is 8.96. The molecule has 0 aliphatic carbocycles. The van der Waals surface area contributed by atoms with Crippen molar-refractivity contribution in [3.8, 4) is 0 Å². The first-order chi connectivity index (χ1) is 16.8. The van der Waals surface area contributed by atoms with Crippen molar-refractivity contribution in [1.82, 2.24) is 10.5 Å². The van der Waals surface area contributed by atoms with E-state index in [0.717, 1.165) is 11.8 Å². The number of rotatable bonds is 9. The molecule has 2 rings (SSSR count). The van der Waals surface area contributed by atoms with E-state index in [9.17, 15) is 27.9 Å². The van der Waals surface area contributed by atoms with E-state index in [1.807, 2.05) is 0 Å². The number of thioether (sulfide) groups is 1. The first-order valence-electron chi connectivity index (χ1n) is 11.5. The summed E-state index contributed by atoms with van der Waals surface area (Å²) in [5, 5.41) is 16.9. The quantitative estimate of drug-likeness (QED) is 0.281. The molecule has 0 saturated carbocycles. The minimum atomic E-state index is -5.03. The molecule has 8 nitrogen and oxygen atoms in total. The van der Waals surface area contributed by atoms with Gasteiger partial charge >= 0.3 is 18.2 Å². The maximum absolute atomic E-state index is 14.0. The van der Waals surface area contributed by atoms with Gasteiger partial charge in [0, 0.05) is 22.9 Å². The van der Waals surface area contributed by atoms with Crippen LogP contribution in [-0.2, 0) is 19.9 Å². The van der Waals surface area contributed by atoms with Crippen molar-refractivity contribution in [3.05, 3.63) is 28.9 Å². The van der Waals surface area contributed by atoms with E-state index in [1.165, 1.54) is 18.2 Å². The number of esters is 1. The summed E-state index contributed by atoms with van der Waals surface area (Å²) < 4.78 is 57.4. The summed E-state index contributed by atoms with van der Waals surface area (Å²) in [5.41, 5.74) is -5.50. The number of ether oxygens (including phenoxy) is 2. The highest BCUT2D eigenvalue weighted by Gasteiger charge is 2.57. The Kier molecular flexibility index (Phi) is 9.81. The van der Waals surface area contributed by atoms with Crippen molar-refractivity contribution in [2.24, 2.45) is 0 Å². The lowest BCUT2D eigenvalue weighted by Gasteiger charge is -2.29. The molecule has 1 amide bonds. The molecule has 1 heterocycles. The van der Waals surface area contributed by atoms with E-state index in [1.54, 1.807) is 41.5 Å². The van der Waals surface area contributed by atoms with Crippen LogP contribution in [0.15, 0.2) is 22.7 Å². The van der Waals surface area contributed by atoms with Crippen LogP contribution in [0.25, 0.3) is 11.0 Å². The van der Waals surface area contributed by atoms with E-state index >= 15 is 0 Å². The molecule has 0 fully saturated rings. The topological polar surface area (TPSA) is 111 Å². The number of fused-ring (bicyclic) bond motifs is 1. The predicted octanol–water partition coefficient (Wildman–Crippen LogP) is 5.98. The molecule has 13 heteroatoms. The van der Waals surface area contributed by atoms with Crippen LogP contribution in [0, 0.1) is 0 Å². The fraction of sp³-hybridized carbons (Fsp3) is 0.625. The lowest BCUT2D eigenvalue weighted by Crippen LogP contribution is -2.46. The average Bonchev–Trinajstić information content (AvgIpc) is 3.12. The normalized spacial score (nSPS) is 15.2. The van der Waals surface area contributed by atoms with Crippen molar-refractivity contribution in [3.63, 3.8) is 0 Å². The number of alkyl carbamates (subject to hydrolysis) is 1. The summed E-state index contributed by atoms with van der Waals surface area (Å²) in [6.07, 6.45) is -6.51. The maximum Gasteiger partial charge on any atom is 0.423 e. The van der Waals surface area contributed by atoms with Crippen LogP contribution in [0.2, 0.25) is 5.02 Å². The summed E-state index contributed by atoms with van der Waals surface area (Å²) >= 11 is 6.92. The Morgan fingerprint density at radius 2 is 1.73 bits per heavy atom. The number of nitrogens with one attached hydrogen (secondary N) is 1. The van der Waals surface area contributed by atoms with Gasteiger partial charge in [-0.05, 0) is 71.6 Å². The number of nitrogens with zero attached hydrogens (tertiary/aromatic N) is 1. The molecule has 0 radical (unpaired) electrons. The van der Waals surface area contributed by atoms with Gasteiger partial charge in [-0.25, -0.2) is 9.59 Å². The van der Waals surface area contributed by atoms with Gasteiger partial charge in [0.2, 0.25) is 5.60 Å². The molecule has 2 N–H and O–H groups in total. The summed E-state index contributed by atoms with van der Waals surface area (Å²) in [5.74, 6) is -0.646. The van der Waals surface area contributed by atoms with Gasteiger partial charge in [-0.2, -0.15) is 24.9 Å². The van der Waals surface area contributed by atoms with Crippen LogP contribution in [0.4, 0.5) is 18.0 Å². The molecule has 0 aliphatic rings. The van der Waals surface area contributed by atoms with Crippen LogP contribution in [0.5, 0.6) is 0 Å². The van der Waals surface area contributed by atoms with E-state index in [4.69, 9.17) is 25.6 Å². The molecule has 0 saturated heterocycles. The smallest absolute Gasteiger partial charge is 0.423 e. The average molecular weight is 569 g/mol. The SMILES string of the molecule is CC(C)(C)OC(=O)N[C@@H](CCSCCC(O)(c1noc2cc(Cl)ccc12)C(F)(F)F)C(=O)OC(C)(C)C. The number of aromatic nitrogens is 1. The van der Waals surface area contributed by atoms with Crippen LogP contribution in [-0.4, -0.2) is 57.3 Å². The Balaban J connectivity index is 2.07. The standard InChI is InChI=1S/C24H32ClF3N2O6S/c1-21(2,3)34-19(31)16(29-20(32)35-22(4,5)6)9-11-37-12-10-23(33,24(26,27)28)18-15-8-7-14(25)13-17(15)36-30-18/h7-8,13,16,33H,9-12H2,1-6H3,(H,29,32)/t16-,23?/m0/s1. The van der Waals surface area contributed by atoms with Crippen molar-refractivity contribution < 1.29 is 41.9 Å². The molecule has 208 valence electrons. The van der Waals surface area contributed by atoms with Crippen LogP contribution >= 0.6 is 23.4 Å². The minimum Gasteiger partial charge on any atom is -0.458 e. The molecule has 2 aromatic rings. The molecular weight excluding hydrogens is 537 g/mol. The molecule has 1 unspecified atom stereocenters. The highest BCUT2D eigenvalue weighted by Crippen LogP contribution is 2.44. The third-order valence-electron chi connectivity index (χ3n) is 4.84. The van der Waals surface area contributed by atoms with Gasteiger partial charge in [-0.1, -0.05) is 16.8 Å². The Labute approximate surface area is 222 Å². The second-order valence-electron chi connectivity index (χ2n) is 10.4. The molecule has 1 aromatic heterocycles. The van der Waals surface area contributed by atoms with Gasteiger partial charge < -0.3 is 24.4 Å². The maximum atomic E-state index is 14.0. The number of aliphatic hydroxyl groups is 1. The van der Waals surface area contributed by atoms with Crippen molar-refractivity contribution in [2.75, 3.05) is 11.5 Å². The number of alkyl halides is 3. The van der Waals surface area contributed by atoms with Crippen molar-refractivity contribution >= 4 is 46.4 Å². The number of halogens is 4. The number of hydrogen-bond acceptors (Lipinski definition) is 8. The number of carbonyl (C=O) groups excluding carboxylic acids is 2. The van der Waals surface area contributed by atoms with Crippen LogP contribution in [0.1, 0.15) is 60.1 Å². The first-order valence-corrected chi connectivity index (χ1v) is 13.0. The van der Waals surface area contributed by atoms with Crippen molar-refractivity contribution in [2.45, 2.75) is 83.4 Å². The fourth-order valence-electron chi connectivity index (χ4n) is 3.20. The lowest BCUT2D eigenvalue weighted by molar-refractivity contribution is -0.268. The Bertz CT molecular complexity index is 1100. The molecular formula is C24H32ClF3N2O6S. The molecule has 0 spiro atoms. The Morgan fingerprint density at radius 1 is 1.11 bits per heavy atom. The lowest BCUT2D eigenvalue weighted by atomic mass is 9.93. The monoisotopic (exact) mass is 568 g/mol. The highest BCUT2D eigenvalue weighted by molar-refractivity contribution is 7.99. The summed E-state index contributed by atoms with van der Waals surface area (Å²) in [6.45, 7) is 10.0. The van der Waals surface area contributed by atoms with Gasteiger partial charge in [-0.15, -0.1) is 0 Å². The van der Waals surface area contributed by atoms with Gasteiger partial charge in [0.25, 0.3) is 0 Å². The van der Waals surface area contributed by atoms with Crippen LogP contribution in [0.3, 0.4) is 0 Å². The molecule has 1 aromatic carbocycles. The third-order valence-corrected chi connectivity index (χ3v) is 6.09. The Hall–Kier alpha value is -2.18. The number of benzene rings is 1. The molecule has 0 bridgehead atoms. The largest absolute Gasteiger partial charge is 0.458 e. The van der Waals surface area contributed by atoms with Gasteiger partial charge in [0.05, 0.1) is 0 Å². The first kappa shape index (κ1) is 31.0. The van der Waals surface area contributed by atoms with E-state index in [2.05, 4.69) is 10.5 Å². The predicted molar refractivity (Wildman–Crippen MR) is 135 cm³/mol. The van der Waals surface area contributed by atoms with Gasteiger partial charge in [0.15, 0.2) is 5.58 Å². The zero-order valence-corrected chi connectivity index (χ0v) is 23.1. The van der Waals surface area contributed by atoms with Gasteiger partial charge in [0.1, 0.15) is 22.9 Å². The van der Waals surface area contributed by atoms with Gasteiger partial charge in [-0.3, -0.25) is 0 Å². The summed E-state index contributed by atoms with van der Waals surface area (Å²) in [7, 11) is 0. The minimum absolute atomic E-state index is 0.000718. The van der Waals surface area contributed by atoms with E-state index in [0.29, 0.717) is 0 Å². The van der Waals surface area contributed by atoms with E-state index < -0.39 is 53.2 Å². The van der Waals surface area contributed by atoms with E-state index in [-0.39, 0.29) is 33.9 Å². The zero-order chi connectivity index (χ0) is 28.2. The van der Waals surface area contributed by atoms with Crippen molar-refractivity contribution in [1.29, 1.82) is 0 Å². The van der Waals surface area contributed by atoms with Crippen LogP contribution < -0.4 is 5.32 Å². The second-order valence-corrected chi connectivity index (χ2v) is 12.1. The zero-order valence-electron chi connectivity index (χ0n) is 21.5. The molecule has 2 atom stereocenters. The molecule has 37 heavy (non-hydrogen) atoms. The highest BCUT2D eigenvalue weighted by atomic mass is 35.5. The Morgan fingerprint density at radius 3 is 2.30 bits per heavy atom. The number of carbonyl (C=O) groups is 2. The number of amides is 1. The fourth-order valence-corrected chi connectivity index (χ4v) is 4.41. The molecule has 0 aliphatic heterocycles. The summed E-state index contributed by atoms with van der Waals surface area (Å²) in [4.78, 5) is 24.8.